The van der Waals surface area contributed by atoms with E-state index in [-0.39, 0.29) is 17.3 Å². The lowest BCUT2D eigenvalue weighted by Crippen LogP contribution is -2.49. The molecule has 0 spiro atoms. The highest BCUT2D eigenvalue weighted by Crippen LogP contribution is 2.14. The summed E-state index contributed by atoms with van der Waals surface area (Å²) in [5.74, 6) is -0.0486. The van der Waals surface area contributed by atoms with Gasteiger partial charge >= 0.3 is 5.69 Å². The van der Waals surface area contributed by atoms with E-state index in [1.54, 1.807) is 6.92 Å². The van der Waals surface area contributed by atoms with Gasteiger partial charge in [-0.3, -0.25) is 9.59 Å². The first kappa shape index (κ1) is 15.9. The molecule has 9 nitrogen and oxygen atoms in total. The molecule has 1 unspecified atom stereocenters. The minimum absolute atomic E-state index is 0.0871. The molecular weight excluding hydrogens is 312 g/mol. The van der Waals surface area contributed by atoms with E-state index in [4.69, 9.17) is 0 Å². The monoisotopic (exact) mass is 330 g/mol. The average molecular weight is 330 g/mol. The Kier molecular flexibility index (Phi) is 4.41. The molecule has 2 aromatic heterocycles. The van der Waals surface area contributed by atoms with Crippen molar-refractivity contribution in [3.8, 4) is 0 Å². The topological polar surface area (TPSA) is 124 Å². The van der Waals surface area contributed by atoms with Gasteiger partial charge in [-0.15, -0.1) is 0 Å². The van der Waals surface area contributed by atoms with Crippen LogP contribution < -0.4 is 21.5 Å². The van der Waals surface area contributed by atoms with E-state index in [2.05, 4.69) is 25.3 Å². The van der Waals surface area contributed by atoms with Crippen LogP contribution in [0.25, 0.3) is 0 Å². The number of anilines is 1. The zero-order chi connectivity index (χ0) is 17.1. The molecule has 1 aliphatic rings. The van der Waals surface area contributed by atoms with Gasteiger partial charge in [-0.05, 0) is 25.8 Å². The number of aryl methyl sites for hydroxylation is 1. The maximum Gasteiger partial charge on any atom is 0.345 e. The lowest BCUT2D eigenvalue weighted by Gasteiger charge is -2.33. The van der Waals surface area contributed by atoms with Crippen molar-refractivity contribution in [1.29, 1.82) is 0 Å². The number of rotatable bonds is 3. The zero-order valence-corrected chi connectivity index (χ0v) is 13.2. The summed E-state index contributed by atoms with van der Waals surface area (Å²) in [7, 11) is 0. The van der Waals surface area contributed by atoms with Gasteiger partial charge in [-0.1, -0.05) is 0 Å². The second-order valence-electron chi connectivity index (χ2n) is 5.76. The van der Waals surface area contributed by atoms with E-state index < -0.39 is 11.6 Å². The highest BCUT2D eigenvalue weighted by Gasteiger charge is 2.24. The van der Waals surface area contributed by atoms with Crippen LogP contribution in [0.5, 0.6) is 0 Å². The number of carbonyl (C=O) groups is 1. The largest absolute Gasteiger partial charge is 0.350 e. The van der Waals surface area contributed by atoms with Crippen LogP contribution in [0, 0.1) is 6.92 Å². The van der Waals surface area contributed by atoms with E-state index >= 15 is 0 Å². The first-order chi connectivity index (χ1) is 11.5. The Balaban J connectivity index is 1.71. The normalized spacial score (nSPS) is 17.5. The Morgan fingerprint density at radius 2 is 2.25 bits per heavy atom. The number of H-pyrrole nitrogens is 2. The average Bonchev–Trinajstić information content (AvgIpc) is 2.54. The predicted octanol–water partition coefficient (Wildman–Crippen LogP) is -0.440. The van der Waals surface area contributed by atoms with E-state index in [9.17, 15) is 14.4 Å². The number of aromatic nitrogens is 4. The second kappa shape index (κ2) is 6.65. The lowest BCUT2D eigenvalue weighted by molar-refractivity contribution is 0.0927. The molecule has 24 heavy (non-hydrogen) atoms. The molecule has 3 rings (SSSR count). The van der Waals surface area contributed by atoms with Gasteiger partial charge in [0.25, 0.3) is 11.5 Å². The summed E-state index contributed by atoms with van der Waals surface area (Å²) in [5.41, 5.74) is -0.142. The van der Waals surface area contributed by atoms with Crippen molar-refractivity contribution < 1.29 is 4.79 Å². The molecule has 126 valence electrons. The van der Waals surface area contributed by atoms with Crippen LogP contribution in [0.3, 0.4) is 0 Å². The van der Waals surface area contributed by atoms with Gasteiger partial charge in [0.2, 0.25) is 0 Å². The Labute approximate surface area is 137 Å². The van der Waals surface area contributed by atoms with Crippen molar-refractivity contribution >= 4 is 11.7 Å². The van der Waals surface area contributed by atoms with Gasteiger partial charge in [0.1, 0.15) is 5.69 Å². The molecule has 0 saturated carbocycles. The standard InChI is InChI=1S/C15H18N6O3/c1-9-7-11(20-15(24)18-9)13(22)19-10-3-2-6-21(8-10)12-14(23)17-5-4-16-12/h4-5,7,10H,2-3,6,8H2,1H3,(H,17,23)(H,19,22)(H,18,20,24). The lowest BCUT2D eigenvalue weighted by atomic mass is 10.1. The van der Waals surface area contributed by atoms with Crippen LogP contribution in [-0.2, 0) is 0 Å². The van der Waals surface area contributed by atoms with Crippen LogP contribution in [-0.4, -0.2) is 45.0 Å². The van der Waals surface area contributed by atoms with Gasteiger partial charge in [-0.25, -0.2) is 9.78 Å². The number of carbonyl (C=O) groups excluding carboxylic acids is 1. The summed E-state index contributed by atoms with van der Waals surface area (Å²) < 4.78 is 0. The number of hydrogen-bond acceptors (Lipinski definition) is 6. The highest BCUT2D eigenvalue weighted by atomic mass is 16.2. The van der Waals surface area contributed by atoms with Crippen molar-refractivity contribution in [2.75, 3.05) is 18.0 Å². The Hall–Kier alpha value is -2.97. The summed E-state index contributed by atoms with van der Waals surface area (Å²) in [6.07, 6.45) is 4.62. The third kappa shape index (κ3) is 3.50. The summed E-state index contributed by atoms with van der Waals surface area (Å²) in [5, 5.41) is 2.87. The Morgan fingerprint density at radius 1 is 1.42 bits per heavy atom. The molecule has 0 bridgehead atoms. The SMILES string of the molecule is Cc1cc(C(=O)NC2CCCN(c3ncc[nH]c3=O)C2)nc(=O)[nH]1. The summed E-state index contributed by atoms with van der Waals surface area (Å²) in [4.78, 5) is 50.3. The molecule has 2 aromatic rings. The molecule has 1 amide bonds. The number of piperidine rings is 1. The number of aromatic amines is 2. The van der Waals surface area contributed by atoms with Crippen molar-refractivity contribution in [3.05, 3.63) is 50.7 Å². The van der Waals surface area contributed by atoms with Crippen LogP contribution >= 0.6 is 0 Å². The van der Waals surface area contributed by atoms with E-state index in [1.807, 2.05) is 4.90 Å². The number of amides is 1. The third-order valence-corrected chi connectivity index (χ3v) is 3.86. The van der Waals surface area contributed by atoms with Crippen molar-refractivity contribution in [2.45, 2.75) is 25.8 Å². The summed E-state index contributed by atoms with van der Waals surface area (Å²) in [6, 6.07) is 1.38. The maximum absolute atomic E-state index is 12.3. The fourth-order valence-electron chi connectivity index (χ4n) is 2.81. The highest BCUT2D eigenvalue weighted by molar-refractivity contribution is 5.92. The molecular formula is C15H18N6O3. The molecule has 0 aliphatic carbocycles. The Bertz CT molecular complexity index is 859. The number of nitrogens with zero attached hydrogens (tertiary/aromatic N) is 3. The first-order valence-electron chi connectivity index (χ1n) is 7.70. The van der Waals surface area contributed by atoms with Gasteiger partial charge < -0.3 is 20.2 Å². The van der Waals surface area contributed by atoms with Crippen molar-refractivity contribution in [2.24, 2.45) is 0 Å². The van der Waals surface area contributed by atoms with Gasteiger partial charge in [0.15, 0.2) is 5.82 Å². The van der Waals surface area contributed by atoms with Crippen LogP contribution in [0.15, 0.2) is 28.0 Å². The van der Waals surface area contributed by atoms with Gasteiger partial charge in [0.05, 0.1) is 0 Å². The maximum atomic E-state index is 12.3. The summed E-state index contributed by atoms with van der Waals surface area (Å²) >= 11 is 0. The van der Waals surface area contributed by atoms with Crippen molar-refractivity contribution in [1.82, 2.24) is 25.3 Å². The third-order valence-electron chi connectivity index (χ3n) is 3.86. The van der Waals surface area contributed by atoms with Gasteiger partial charge in [0, 0.05) is 37.2 Å². The van der Waals surface area contributed by atoms with E-state index in [1.165, 1.54) is 18.5 Å². The minimum Gasteiger partial charge on any atom is -0.350 e. The molecule has 1 atom stereocenters. The fourth-order valence-corrected chi connectivity index (χ4v) is 2.81. The van der Waals surface area contributed by atoms with Crippen molar-refractivity contribution in [3.63, 3.8) is 0 Å². The molecule has 1 fully saturated rings. The molecule has 1 saturated heterocycles. The predicted molar refractivity (Wildman–Crippen MR) is 87.2 cm³/mol. The molecule has 3 heterocycles. The quantitative estimate of drug-likeness (QED) is 0.701. The van der Waals surface area contributed by atoms with Crippen LogP contribution in [0.4, 0.5) is 5.82 Å². The first-order valence-corrected chi connectivity index (χ1v) is 7.70. The van der Waals surface area contributed by atoms with Gasteiger partial charge in [-0.2, -0.15) is 4.98 Å². The Morgan fingerprint density at radius 3 is 3.00 bits per heavy atom. The molecule has 0 radical (unpaired) electrons. The molecule has 9 heteroatoms. The molecule has 3 N–H and O–H groups in total. The molecule has 0 aromatic carbocycles. The number of hydrogen-bond donors (Lipinski definition) is 3. The minimum atomic E-state index is -0.551. The summed E-state index contributed by atoms with van der Waals surface area (Å²) in [6.45, 7) is 2.87. The number of nitrogens with one attached hydrogen (secondary N) is 3. The van der Waals surface area contributed by atoms with E-state index in [0.29, 0.717) is 24.6 Å². The second-order valence-corrected chi connectivity index (χ2v) is 5.76. The van der Waals surface area contributed by atoms with Crippen LogP contribution in [0.1, 0.15) is 29.0 Å². The van der Waals surface area contributed by atoms with E-state index in [0.717, 1.165) is 12.8 Å². The smallest absolute Gasteiger partial charge is 0.345 e. The zero-order valence-electron chi connectivity index (χ0n) is 13.2. The molecule has 1 aliphatic heterocycles. The fraction of sp³-hybridized carbons (Fsp3) is 0.400. The van der Waals surface area contributed by atoms with Crippen LogP contribution in [0.2, 0.25) is 0 Å².